The second-order valence-corrected chi connectivity index (χ2v) is 6.00. The van der Waals surface area contributed by atoms with E-state index in [9.17, 15) is 0 Å². The molecule has 3 heteroatoms. The molecule has 0 saturated carbocycles. The molecule has 2 heterocycles. The van der Waals surface area contributed by atoms with Crippen LogP contribution in [0.4, 0.5) is 0 Å². The second-order valence-electron chi connectivity index (χ2n) is 4.97. The summed E-state index contributed by atoms with van der Waals surface area (Å²) in [6, 6.07) is 5.02. The van der Waals surface area contributed by atoms with E-state index in [1.807, 2.05) is 11.3 Å². The molecular formula is C14H22N2S. The minimum Gasteiger partial charge on any atom is -0.309 e. The van der Waals surface area contributed by atoms with Crippen LogP contribution < -0.4 is 5.32 Å². The van der Waals surface area contributed by atoms with E-state index in [0.717, 1.165) is 13.1 Å². The Morgan fingerprint density at radius 2 is 2.29 bits per heavy atom. The molecule has 1 N–H and O–H groups in total. The summed E-state index contributed by atoms with van der Waals surface area (Å²) in [6.45, 7) is 10.6. The number of likely N-dealkylation sites (tertiary alicyclic amines) is 1. The molecule has 1 aliphatic rings. The standard InChI is InChI=1S/C14H22N2S/c1-12(2)11-16-7-5-13(6-8-16)15-10-14-4-3-9-17-14/h3-4,9,13,15H,1,5-8,10-11H2,2H3. The first kappa shape index (κ1) is 12.8. The van der Waals surface area contributed by atoms with Crippen LogP contribution in [0.3, 0.4) is 0 Å². The fourth-order valence-corrected chi connectivity index (χ4v) is 2.99. The van der Waals surface area contributed by atoms with Crippen molar-refractivity contribution in [3.05, 3.63) is 34.5 Å². The number of nitrogens with one attached hydrogen (secondary N) is 1. The first-order valence-corrected chi connectivity index (χ1v) is 7.24. The highest BCUT2D eigenvalue weighted by Gasteiger charge is 2.18. The van der Waals surface area contributed by atoms with Crippen molar-refractivity contribution in [2.75, 3.05) is 19.6 Å². The summed E-state index contributed by atoms with van der Waals surface area (Å²) < 4.78 is 0. The number of hydrogen-bond donors (Lipinski definition) is 1. The molecule has 0 radical (unpaired) electrons. The van der Waals surface area contributed by atoms with Crippen LogP contribution in [0.1, 0.15) is 24.6 Å². The Balaban J connectivity index is 1.67. The lowest BCUT2D eigenvalue weighted by Crippen LogP contribution is -2.42. The predicted octanol–water partition coefficient (Wildman–Crippen LogP) is 2.88. The smallest absolute Gasteiger partial charge is 0.0302 e. The maximum absolute atomic E-state index is 3.98. The van der Waals surface area contributed by atoms with Gasteiger partial charge in [-0.2, -0.15) is 0 Å². The van der Waals surface area contributed by atoms with Gasteiger partial charge in [0, 0.05) is 24.0 Å². The zero-order valence-electron chi connectivity index (χ0n) is 10.6. The molecule has 0 bridgehead atoms. The lowest BCUT2D eigenvalue weighted by atomic mass is 10.0. The zero-order valence-corrected chi connectivity index (χ0v) is 11.4. The summed E-state index contributed by atoms with van der Waals surface area (Å²) >= 11 is 1.84. The molecule has 2 nitrogen and oxygen atoms in total. The normalized spacial score (nSPS) is 18.4. The SMILES string of the molecule is C=C(C)CN1CCC(NCc2cccs2)CC1. The highest BCUT2D eigenvalue weighted by Crippen LogP contribution is 2.13. The lowest BCUT2D eigenvalue weighted by molar-refractivity contribution is 0.211. The van der Waals surface area contributed by atoms with E-state index in [4.69, 9.17) is 0 Å². The van der Waals surface area contributed by atoms with Crippen LogP contribution in [-0.4, -0.2) is 30.6 Å². The highest BCUT2D eigenvalue weighted by molar-refractivity contribution is 7.09. The molecular weight excluding hydrogens is 228 g/mol. The Labute approximate surface area is 108 Å². The van der Waals surface area contributed by atoms with E-state index in [1.165, 1.54) is 36.4 Å². The van der Waals surface area contributed by atoms with Crippen molar-refractivity contribution in [2.45, 2.75) is 32.4 Å². The van der Waals surface area contributed by atoms with Crippen molar-refractivity contribution in [3.8, 4) is 0 Å². The van der Waals surface area contributed by atoms with E-state index < -0.39 is 0 Å². The van der Waals surface area contributed by atoms with E-state index >= 15 is 0 Å². The van der Waals surface area contributed by atoms with Gasteiger partial charge < -0.3 is 5.32 Å². The summed E-state index contributed by atoms with van der Waals surface area (Å²) in [5, 5.41) is 5.80. The third kappa shape index (κ3) is 4.26. The third-order valence-electron chi connectivity index (χ3n) is 3.23. The summed E-state index contributed by atoms with van der Waals surface area (Å²) in [7, 11) is 0. The average Bonchev–Trinajstić information content (AvgIpc) is 2.80. The topological polar surface area (TPSA) is 15.3 Å². The van der Waals surface area contributed by atoms with Gasteiger partial charge in [0.15, 0.2) is 0 Å². The largest absolute Gasteiger partial charge is 0.309 e. The maximum atomic E-state index is 3.98. The molecule has 2 rings (SSSR count). The minimum absolute atomic E-state index is 0.693. The van der Waals surface area contributed by atoms with Crippen LogP contribution in [-0.2, 0) is 6.54 Å². The van der Waals surface area contributed by atoms with Gasteiger partial charge in [0.05, 0.1) is 0 Å². The van der Waals surface area contributed by atoms with Crippen LogP contribution in [0.2, 0.25) is 0 Å². The molecule has 0 unspecified atom stereocenters. The number of rotatable bonds is 5. The molecule has 0 aliphatic carbocycles. The highest BCUT2D eigenvalue weighted by atomic mass is 32.1. The van der Waals surface area contributed by atoms with Crippen molar-refractivity contribution >= 4 is 11.3 Å². The molecule has 94 valence electrons. The van der Waals surface area contributed by atoms with Gasteiger partial charge in [0.2, 0.25) is 0 Å². The Morgan fingerprint density at radius 1 is 1.53 bits per heavy atom. The van der Waals surface area contributed by atoms with Crippen LogP contribution in [0, 0.1) is 0 Å². The second kappa shape index (κ2) is 6.34. The average molecular weight is 250 g/mol. The molecule has 1 aromatic heterocycles. The number of nitrogens with zero attached hydrogens (tertiary/aromatic N) is 1. The third-order valence-corrected chi connectivity index (χ3v) is 4.10. The molecule has 0 spiro atoms. The Hall–Kier alpha value is -0.640. The van der Waals surface area contributed by atoms with Crippen LogP contribution in [0.5, 0.6) is 0 Å². The fraction of sp³-hybridized carbons (Fsp3) is 0.571. The molecule has 0 atom stereocenters. The number of piperidine rings is 1. The lowest BCUT2D eigenvalue weighted by Gasteiger charge is -2.32. The fourth-order valence-electron chi connectivity index (χ4n) is 2.34. The number of hydrogen-bond acceptors (Lipinski definition) is 3. The maximum Gasteiger partial charge on any atom is 0.0302 e. The van der Waals surface area contributed by atoms with Gasteiger partial charge in [0.1, 0.15) is 0 Å². The van der Waals surface area contributed by atoms with Crippen molar-refractivity contribution in [1.82, 2.24) is 10.2 Å². The van der Waals surface area contributed by atoms with Gasteiger partial charge in [0.25, 0.3) is 0 Å². The van der Waals surface area contributed by atoms with Gasteiger partial charge in [-0.3, -0.25) is 4.90 Å². The summed E-state index contributed by atoms with van der Waals surface area (Å²) in [5.41, 5.74) is 1.27. The van der Waals surface area contributed by atoms with Crippen molar-refractivity contribution in [3.63, 3.8) is 0 Å². The Kier molecular flexibility index (Phi) is 4.77. The molecule has 17 heavy (non-hydrogen) atoms. The van der Waals surface area contributed by atoms with Crippen molar-refractivity contribution in [1.29, 1.82) is 0 Å². The van der Waals surface area contributed by atoms with Gasteiger partial charge in [-0.15, -0.1) is 11.3 Å². The first-order valence-electron chi connectivity index (χ1n) is 6.36. The van der Waals surface area contributed by atoms with Crippen LogP contribution in [0.15, 0.2) is 29.7 Å². The van der Waals surface area contributed by atoms with Crippen molar-refractivity contribution < 1.29 is 0 Å². The Bertz CT molecular complexity index is 337. The first-order chi connectivity index (χ1) is 8.24. The van der Waals surface area contributed by atoms with Gasteiger partial charge in [-0.05, 0) is 44.3 Å². The van der Waals surface area contributed by atoms with Crippen molar-refractivity contribution in [2.24, 2.45) is 0 Å². The molecule has 1 aromatic rings. The molecule has 0 amide bonds. The van der Waals surface area contributed by atoms with E-state index in [-0.39, 0.29) is 0 Å². The van der Waals surface area contributed by atoms with Crippen LogP contribution >= 0.6 is 11.3 Å². The summed E-state index contributed by atoms with van der Waals surface area (Å²) in [4.78, 5) is 3.94. The Morgan fingerprint density at radius 3 is 2.88 bits per heavy atom. The van der Waals surface area contributed by atoms with Gasteiger partial charge in [-0.25, -0.2) is 0 Å². The minimum atomic E-state index is 0.693. The predicted molar refractivity (Wildman–Crippen MR) is 75.4 cm³/mol. The summed E-state index contributed by atoms with van der Waals surface area (Å²) in [6.07, 6.45) is 2.53. The van der Waals surface area contributed by atoms with Gasteiger partial charge in [-0.1, -0.05) is 18.2 Å². The number of thiophene rings is 1. The molecule has 0 aromatic carbocycles. The quantitative estimate of drug-likeness (QED) is 0.808. The van der Waals surface area contributed by atoms with Gasteiger partial charge >= 0.3 is 0 Å². The van der Waals surface area contributed by atoms with E-state index in [0.29, 0.717) is 6.04 Å². The molecule has 1 fully saturated rings. The van der Waals surface area contributed by atoms with E-state index in [2.05, 4.69) is 41.2 Å². The molecule has 1 saturated heterocycles. The monoisotopic (exact) mass is 250 g/mol. The van der Waals surface area contributed by atoms with E-state index in [1.54, 1.807) is 0 Å². The molecule has 1 aliphatic heterocycles. The zero-order chi connectivity index (χ0) is 12.1. The summed E-state index contributed by atoms with van der Waals surface area (Å²) in [5.74, 6) is 0. The van der Waals surface area contributed by atoms with Crippen LogP contribution in [0.25, 0.3) is 0 Å².